The van der Waals surface area contributed by atoms with Gasteiger partial charge in [0.2, 0.25) is 5.91 Å². The topological polar surface area (TPSA) is 49.4 Å². The quantitative estimate of drug-likeness (QED) is 0.920. The molecule has 1 aliphatic rings. The average Bonchev–Trinajstić information content (AvgIpc) is 2.87. The van der Waals surface area contributed by atoms with Gasteiger partial charge in [-0.15, -0.1) is 0 Å². The minimum atomic E-state index is -0.111. The molecule has 0 atom stereocenters. The molecule has 1 N–H and O–H groups in total. The summed E-state index contributed by atoms with van der Waals surface area (Å²) in [6, 6.07) is 13.9. The third-order valence-electron chi connectivity index (χ3n) is 4.54. The fourth-order valence-corrected chi connectivity index (χ4v) is 2.98. The van der Waals surface area contributed by atoms with Gasteiger partial charge in [0.25, 0.3) is 5.91 Å². The van der Waals surface area contributed by atoms with E-state index in [0.29, 0.717) is 18.7 Å². The third kappa shape index (κ3) is 3.48. The van der Waals surface area contributed by atoms with E-state index < -0.39 is 0 Å². The van der Waals surface area contributed by atoms with Gasteiger partial charge in [-0.05, 0) is 48.6 Å². The molecule has 1 heterocycles. The van der Waals surface area contributed by atoms with E-state index in [1.807, 2.05) is 24.3 Å². The molecule has 0 fully saturated rings. The molecule has 124 valence electrons. The van der Waals surface area contributed by atoms with Gasteiger partial charge in [-0.1, -0.05) is 36.4 Å². The largest absolute Gasteiger partial charge is 0.354 e. The predicted octanol–water partition coefficient (Wildman–Crippen LogP) is 2.62. The van der Waals surface area contributed by atoms with Crippen LogP contribution >= 0.6 is 0 Å². The molecule has 3 rings (SSSR count). The Hall–Kier alpha value is -2.62. The second-order valence-corrected chi connectivity index (χ2v) is 6.34. The average molecular weight is 322 g/mol. The van der Waals surface area contributed by atoms with Crippen molar-refractivity contribution in [3.8, 4) is 0 Å². The van der Waals surface area contributed by atoms with Crippen LogP contribution in [0.1, 0.15) is 32.6 Å². The van der Waals surface area contributed by atoms with Gasteiger partial charge < -0.3 is 10.2 Å². The van der Waals surface area contributed by atoms with Crippen molar-refractivity contribution in [3.05, 3.63) is 70.3 Å². The van der Waals surface area contributed by atoms with Gasteiger partial charge in [0.15, 0.2) is 0 Å². The summed E-state index contributed by atoms with van der Waals surface area (Å²) in [6.45, 7) is 5.39. The summed E-state index contributed by atoms with van der Waals surface area (Å²) in [5.41, 5.74) is 5.45. The lowest BCUT2D eigenvalue weighted by Crippen LogP contribution is -2.38. The van der Waals surface area contributed by atoms with Crippen LogP contribution in [-0.2, 0) is 17.8 Å². The van der Waals surface area contributed by atoms with Gasteiger partial charge >= 0.3 is 0 Å². The van der Waals surface area contributed by atoms with Crippen LogP contribution in [0.5, 0.6) is 0 Å². The number of aryl methyl sites for hydroxylation is 2. The second-order valence-electron chi connectivity index (χ2n) is 6.34. The highest BCUT2D eigenvalue weighted by Crippen LogP contribution is 2.21. The Kier molecular flexibility index (Phi) is 4.65. The van der Waals surface area contributed by atoms with Crippen LogP contribution in [0.3, 0.4) is 0 Å². The molecular weight excluding hydrogens is 300 g/mol. The lowest BCUT2D eigenvalue weighted by Gasteiger charge is -2.15. The van der Waals surface area contributed by atoms with Crippen LogP contribution in [-0.4, -0.2) is 29.8 Å². The van der Waals surface area contributed by atoms with Crippen LogP contribution in [0, 0.1) is 13.8 Å². The summed E-state index contributed by atoms with van der Waals surface area (Å²) in [7, 11) is 0. The van der Waals surface area contributed by atoms with E-state index in [1.165, 1.54) is 16.7 Å². The maximum absolute atomic E-state index is 12.2. The summed E-state index contributed by atoms with van der Waals surface area (Å²) in [6.07, 6.45) is 0.793. The molecule has 0 bridgehead atoms. The number of benzene rings is 2. The minimum Gasteiger partial charge on any atom is -0.354 e. The first kappa shape index (κ1) is 16.2. The first-order valence-corrected chi connectivity index (χ1v) is 8.24. The number of amides is 2. The Morgan fingerprint density at radius 1 is 1.12 bits per heavy atom. The molecule has 0 radical (unpaired) electrons. The summed E-state index contributed by atoms with van der Waals surface area (Å²) < 4.78 is 0. The Bertz CT molecular complexity index is 783. The molecule has 4 nitrogen and oxygen atoms in total. The molecule has 0 unspecified atom stereocenters. The van der Waals surface area contributed by atoms with Crippen LogP contribution in [0.2, 0.25) is 0 Å². The van der Waals surface area contributed by atoms with E-state index in [1.54, 1.807) is 4.90 Å². The highest BCUT2D eigenvalue weighted by molar-refractivity contribution is 6.00. The molecule has 2 aromatic rings. The zero-order valence-corrected chi connectivity index (χ0v) is 14.1. The van der Waals surface area contributed by atoms with E-state index in [0.717, 1.165) is 12.0 Å². The van der Waals surface area contributed by atoms with Gasteiger partial charge in [-0.2, -0.15) is 0 Å². The molecule has 24 heavy (non-hydrogen) atoms. The minimum absolute atomic E-state index is 0.0603. The number of carbonyl (C=O) groups is 2. The fraction of sp³-hybridized carbons (Fsp3) is 0.300. The number of hydrogen-bond donors (Lipinski definition) is 1. The molecule has 0 spiro atoms. The first-order valence-electron chi connectivity index (χ1n) is 8.24. The smallest absolute Gasteiger partial charge is 0.254 e. The number of nitrogens with one attached hydrogen (secondary N) is 1. The molecule has 1 aliphatic heterocycles. The van der Waals surface area contributed by atoms with Crippen molar-refractivity contribution in [1.29, 1.82) is 0 Å². The molecular formula is C20H22N2O2. The van der Waals surface area contributed by atoms with Gasteiger partial charge in [-0.3, -0.25) is 9.59 Å². The third-order valence-corrected chi connectivity index (χ3v) is 4.54. The zero-order chi connectivity index (χ0) is 17.1. The van der Waals surface area contributed by atoms with E-state index in [9.17, 15) is 9.59 Å². The zero-order valence-electron chi connectivity index (χ0n) is 14.1. The lowest BCUT2D eigenvalue weighted by molar-refractivity contribution is -0.121. The van der Waals surface area contributed by atoms with E-state index in [-0.39, 0.29) is 18.4 Å². The number of nitrogens with zero attached hydrogens (tertiary/aromatic N) is 1. The van der Waals surface area contributed by atoms with Gasteiger partial charge in [0.1, 0.15) is 6.54 Å². The standard InChI is InChI=1S/C20H22N2O2/c1-14-7-8-16(11-15(14)2)9-10-21-19(23)13-22-12-17-5-3-4-6-18(17)20(22)24/h3-8,11H,9-10,12-13H2,1-2H3,(H,21,23). The number of carbonyl (C=O) groups excluding carboxylic acids is 2. The van der Waals surface area contributed by atoms with E-state index in [2.05, 4.69) is 37.4 Å². The fourth-order valence-electron chi connectivity index (χ4n) is 2.98. The van der Waals surface area contributed by atoms with Crippen molar-refractivity contribution in [2.24, 2.45) is 0 Å². The first-order chi connectivity index (χ1) is 11.5. The monoisotopic (exact) mass is 322 g/mol. The number of rotatable bonds is 5. The van der Waals surface area contributed by atoms with Gasteiger partial charge in [0.05, 0.1) is 0 Å². The highest BCUT2D eigenvalue weighted by Gasteiger charge is 2.27. The second kappa shape index (κ2) is 6.87. The number of hydrogen-bond acceptors (Lipinski definition) is 2. The van der Waals surface area contributed by atoms with Crippen molar-refractivity contribution < 1.29 is 9.59 Å². The Morgan fingerprint density at radius 3 is 2.67 bits per heavy atom. The van der Waals surface area contributed by atoms with Gasteiger partial charge in [0, 0.05) is 18.7 Å². The van der Waals surface area contributed by atoms with Crippen molar-refractivity contribution in [3.63, 3.8) is 0 Å². The summed E-state index contributed by atoms with van der Waals surface area (Å²) in [5, 5.41) is 2.91. The van der Waals surface area contributed by atoms with E-state index in [4.69, 9.17) is 0 Å². The lowest BCUT2D eigenvalue weighted by atomic mass is 10.0. The van der Waals surface area contributed by atoms with Crippen LogP contribution < -0.4 is 5.32 Å². The normalized spacial score (nSPS) is 13.1. The van der Waals surface area contributed by atoms with Crippen LogP contribution in [0.4, 0.5) is 0 Å². The molecule has 0 aromatic heterocycles. The molecule has 4 heteroatoms. The van der Waals surface area contributed by atoms with Crippen molar-refractivity contribution in [2.75, 3.05) is 13.1 Å². The van der Waals surface area contributed by atoms with Crippen LogP contribution in [0.25, 0.3) is 0 Å². The van der Waals surface area contributed by atoms with Crippen molar-refractivity contribution in [1.82, 2.24) is 10.2 Å². The maximum Gasteiger partial charge on any atom is 0.254 e. The molecule has 0 saturated carbocycles. The predicted molar refractivity (Wildman–Crippen MR) is 93.8 cm³/mol. The van der Waals surface area contributed by atoms with Gasteiger partial charge in [-0.25, -0.2) is 0 Å². The summed E-state index contributed by atoms with van der Waals surface area (Å²) in [4.78, 5) is 25.9. The summed E-state index contributed by atoms with van der Waals surface area (Å²) in [5.74, 6) is -0.171. The number of fused-ring (bicyclic) bond motifs is 1. The molecule has 0 saturated heterocycles. The maximum atomic E-state index is 12.2. The SMILES string of the molecule is Cc1ccc(CCNC(=O)CN2Cc3ccccc3C2=O)cc1C. The summed E-state index contributed by atoms with van der Waals surface area (Å²) >= 11 is 0. The van der Waals surface area contributed by atoms with Crippen LogP contribution in [0.15, 0.2) is 42.5 Å². The Labute approximate surface area is 142 Å². The molecule has 2 amide bonds. The molecule has 2 aromatic carbocycles. The van der Waals surface area contributed by atoms with E-state index >= 15 is 0 Å². The molecule has 0 aliphatic carbocycles. The Morgan fingerprint density at radius 2 is 1.92 bits per heavy atom. The van der Waals surface area contributed by atoms with Crippen molar-refractivity contribution in [2.45, 2.75) is 26.8 Å². The highest BCUT2D eigenvalue weighted by atomic mass is 16.2. The Balaban J connectivity index is 1.48. The van der Waals surface area contributed by atoms with Crippen molar-refractivity contribution >= 4 is 11.8 Å².